The van der Waals surface area contributed by atoms with Gasteiger partial charge in [-0.15, -0.1) is 6.58 Å². The third-order valence-electron chi connectivity index (χ3n) is 0.319. The lowest BCUT2D eigenvalue weighted by Gasteiger charge is -1.61. The highest BCUT2D eigenvalue weighted by Crippen LogP contribution is 1.71. The second kappa shape index (κ2) is 4.19. The van der Waals surface area contributed by atoms with E-state index in [1.54, 1.807) is 6.08 Å². The lowest BCUT2D eigenvalue weighted by molar-refractivity contribution is 0.567. The van der Waals surface area contributed by atoms with Gasteiger partial charge in [-0.1, -0.05) is 6.08 Å². The molecule has 0 rings (SSSR count). The van der Waals surface area contributed by atoms with E-state index in [1.165, 1.54) is 5.94 Å². The zero-order valence-corrected chi connectivity index (χ0v) is 3.40. The van der Waals surface area contributed by atoms with E-state index in [1.807, 2.05) is 0 Å². The summed E-state index contributed by atoms with van der Waals surface area (Å²) in [5, 5.41) is 0. The second-order valence-electron chi connectivity index (χ2n) is 0.772. The maximum Gasteiger partial charge on any atom is 0.129 e. The molecular formula is C5H5O. The second-order valence-corrected chi connectivity index (χ2v) is 0.772. The fraction of sp³-hybridized carbons (Fsp3) is 0.200. The molecule has 0 N–H and O–H groups in total. The van der Waals surface area contributed by atoms with Crippen molar-refractivity contribution >= 4 is 5.94 Å². The Kier molecular flexibility index (Phi) is 3.62. The molecular weight excluding hydrogens is 76.1 g/mol. The summed E-state index contributed by atoms with van der Waals surface area (Å²) in [5.41, 5.74) is 0. The summed E-state index contributed by atoms with van der Waals surface area (Å²) in [7, 11) is 0. The molecule has 1 nitrogen and oxygen atoms in total. The minimum absolute atomic E-state index is 0.503. The van der Waals surface area contributed by atoms with Gasteiger partial charge in [-0.05, 0) is 0 Å². The van der Waals surface area contributed by atoms with Crippen molar-refractivity contribution in [1.29, 1.82) is 0 Å². The summed E-state index contributed by atoms with van der Waals surface area (Å²) in [4.78, 5) is 9.28. The Morgan fingerprint density at radius 1 is 1.83 bits per heavy atom. The van der Waals surface area contributed by atoms with Crippen LogP contribution in [0.3, 0.4) is 0 Å². The molecule has 0 aromatic carbocycles. The Morgan fingerprint density at radius 2 is 2.50 bits per heavy atom. The Balaban J connectivity index is 3.07. The van der Waals surface area contributed by atoms with Crippen LogP contribution in [0.4, 0.5) is 0 Å². The highest BCUT2D eigenvalue weighted by Gasteiger charge is 1.60. The van der Waals surface area contributed by atoms with Crippen LogP contribution in [0.15, 0.2) is 12.7 Å². The molecule has 0 aliphatic heterocycles. The van der Waals surface area contributed by atoms with Crippen LogP contribution in [0.2, 0.25) is 0 Å². The first kappa shape index (κ1) is 5.19. The molecule has 0 bridgehead atoms. The van der Waals surface area contributed by atoms with Crippen LogP contribution >= 0.6 is 0 Å². The molecule has 0 fully saturated rings. The summed E-state index contributed by atoms with van der Waals surface area (Å²) < 4.78 is 0. The molecule has 0 aromatic heterocycles. The number of hydrogen-bond acceptors (Lipinski definition) is 1. The quantitative estimate of drug-likeness (QED) is 0.354. The third kappa shape index (κ3) is 3.19. The molecule has 0 amide bonds. The topological polar surface area (TPSA) is 17.1 Å². The van der Waals surface area contributed by atoms with Crippen molar-refractivity contribution < 1.29 is 4.79 Å². The molecule has 1 heteroatoms. The summed E-state index contributed by atoms with van der Waals surface area (Å²) >= 11 is 0. The molecule has 0 atom stereocenters. The van der Waals surface area contributed by atoms with Gasteiger partial charge in [0.25, 0.3) is 0 Å². The van der Waals surface area contributed by atoms with Crippen molar-refractivity contribution in [2.24, 2.45) is 0 Å². The van der Waals surface area contributed by atoms with Crippen LogP contribution in [-0.4, -0.2) is 5.94 Å². The Hall–Kier alpha value is -0.810. The standard InChI is InChI=1S/C5H5O/c1-2-3-4-5-6/h2H,1,3H2. The van der Waals surface area contributed by atoms with Gasteiger partial charge in [0.05, 0.1) is 6.08 Å². The van der Waals surface area contributed by atoms with Crippen molar-refractivity contribution in [3.63, 3.8) is 0 Å². The highest BCUT2D eigenvalue weighted by molar-refractivity contribution is 5.40. The van der Waals surface area contributed by atoms with Crippen molar-refractivity contribution in [3.8, 4) is 0 Å². The lowest BCUT2D eigenvalue weighted by Crippen LogP contribution is -1.53. The van der Waals surface area contributed by atoms with Crippen molar-refractivity contribution in [3.05, 3.63) is 18.7 Å². The normalized spacial score (nSPS) is 6.00. The van der Waals surface area contributed by atoms with Gasteiger partial charge in [-0.25, -0.2) is 4.79 Å². The average Bonchev–Trinajstić information content (AvgIpc) is 1.61. The first-order valence-electron chi connectivity index (χ1n) is 1.62. The van der Waals surface area contributed by atoms with Gasteiger partial charge >= 0.3 is 0 Å². The summed E-state index contributed by atoms with van der Waals surface area (Å²) in [5.74, 6) is 1.50. The van der Waals surface area contributed by atoms with Crippen molar-refractivity contribution in [2.75, 3.05) is 0 Å². The van der Waals surface area contributed by atoms with E-state index < -0.39 is 0 Å². The minimum Gasteiger partial charge on any atom is -0.233 e. The Labute approximate surface area is 37.0 Å². The summed E-state index contributed by atoms with van der Waals surface area (Å²) in [6, 6.07) is 0. The van der Waals surface area contributed by atoms with Crippen LogP contribution < -0.4 is 0 Å². The smallest absolute Gasteiger partial charge is 0.129 e. The van der Waals surface area contributed by atoms with Crippen LogP contribution in [0.25, 0.3) is 0 Å². The Morgan fingerprint density at radius 3 is 2.67 bits per heavy atom. The van der Waals surface area contributed by atoms with Crippen LogP contribution in [0, 0.1) is 6.08 Å². The van der Waals surface area contributed by atoms with Crippen molar-refractivity contribution in [2.45, 2.75) is 6.42 Å². The number of carbonyl (C=O) groups excluding carboxylic acids is 1. The number of rotatable bonds is 2. The first-order chi connectivity index (χ1) is 2.91. The molecule has 0 heterocycles. The van der Waals surface area contributed by atoms with E-state index in [2.05, 4.69) is 12.7 Å². The molecule has 0 aliphatic rings. The van der Waals surface area contributed by atoms with Gasteiger partial charge in [-0.3, -0.25) is 0 Å². The lowest BCUT2D eigenvalue weighted by atomic mass is 10.4. The molecule has 0 saturated carbocycles. The van der Waals surface area contributed by atoms with E-state index >= 15 is 0 Å². The average molecular weight is 81.1 g/mol. The molecule has 0 aromatic rings. The number of allylic oxidation sites excluding steroid dienone is 2. The zero-order chi connectivity index (χ0) is 4.83. The monoisotopic (exact) mass is 81.0 g/mol. The minimum atomic E-state index is 0.503. The first-order valence-corrected chi connectivity index (χ1v) is 1.62. The van der Waals surface area contributed by atoms with Crippen molar-refractivity contribution in [1.82, 2.24) is 0 Å². The third-order valence-corrected chi connectivity index (χ3v) is 0.319. The van der Waals surface area contributed by atoms with Crippen LogP contribution in [0.1, 0.15) is 6.42 Å². The van der Waals surface area contributed by atoms with E-state index in [0.29, 0.717) is 6.42 Å². The van der Waals surface area contributed by atoms with E-state index in [9.17, 15) is 4.79 Å². The molecule has 1 radical (unpaired) electrons. The maximum atomic E-state index is 9.28. The van der Waals surface area contributed by atoms with Gasteiger partial charge in [0.15, 0.2) is 0 Å². The van der Waals surface area contributed by atoms with Gasteiger partial charge < -0.3 is 0 Å². The van der Waals surface area contributed by atoms with Gasteiger partial charge in [0, 0.05) is 6.42 Å². The molecule has 0 unspecified atom stereocenters. The van der Waals surface area contributed by atoms with Gasteiger partial charge in [0.2, 0.25) is 0 Å². The summed E-state index contributed by atoms with van der Waals surface area (Å²) in [6.07, 6.45) is 4.37. The van der Waals surface area contributed by atoms with E-state index in [4.69, 9.17) is 0 Å². The SMILES string of the molecule is C=CC[C]=C=O. The van der Waals surface area contributed by atoms with E-state index in [-0.39, 0.29) is 0 Å². The fourth-order valence-electron chi connectivity index (χ4n) is 0.114. The largest absolute Gasteiger partial charge is 0.233 e. The summed E-state index contributed by atoms with van der Waals surface area (Å²) in [6.45, 7) is 3.36. The van der Waals surface area contributed by atoms with Gasteiger partial charge in [0.1, 0.15) is 5.94 Å². The molecule has 0 saturated heterocycles. The predicted molar refractivity (Wildman–Crippen MR) is 23.8 cm³/mol. The molecule has 6 heavy (non-hydrogen) atoms. The fourth-order valence-corrected chi connectivity index (χ4v) is 0.114. The Bertz CT molecular complexity index is 77.9. The molecule has 0 spiro atoms. The van der Waals surface area contributed by atoms with Crippen LogP contribution in [0.5, 0.6) is 0 Å². The van der Waals surface area contributed by atoms with Gasteiger partial charge in [-0.2, -0.15) is 0 Å². The highest BCUT2D eigenvalue weighted by atomic mass is 16.1. The van der Waals surface area contributed by atoms with Crippen LogP contribution in [-0.2, 0) is 4.79 Å². The number of hydrogen-bond donors (Lipinski definition) is 0. The predicted octanol–water partition coefficient (Wildman–Crippen LogP) is 0.753. The maximum absolute atomic E-state index is 9.28. The zero-order valence-electron chi connectivity index (χ0n) is 3.40. The van der Waals surface area contributed by atoms with E-state index in [0.717, 1.165) is 0 Å². The molecule has 31 valence electrons. The molecule has 0 aliphatic carbocycles.